The highest BCUT2D eigenvalue weighted by Gasteiger charge is 2.23. The Kier molecular flexibility index (Phi) is 5.71. The fourth-order valence-electron chi connectivity index (χ4n) is 3.05. The Hall–Kier alpha value is -2.63. The third-order valence-electron chi connectivity index (χ3n) is 4.48. The highest BCUT2D eigenvalue weighted by atomic mass is 16.5. The number of aromatic amines is 1. The number of carbonyl (C=O) groups excluding carboxylic acids is 1. The molecule has 2 atom stereocenters. The van der Waals surface area contributed by atoms with E-state index in [9.17, 15) is 4.79 Å². The summed E-state index contributed by atoms with van der Waals surface area (Å²) in [7, 11) is 1.62. The van der Waals surface area contributed by atoms with E-state index in [1.165, 1.54) is 0 Å². The molecule has 1 aromatic heterocycles. The van der Waals surface area contributed by atoms with Gasteiger partial charge in [-0.25, -0.2) is 4.79 Å². The molecule has 0 spiro atoms. The van der Waals surface area contributed by atoms with Gasteiger partial charge in [0.15, 0.2) is 0 Å². The number of ether oxygens (including phenoxy) is 2. The van der Waals surface area contributed by atoms with Gasteiger partial charge < -0.3 is 20.2 Å². The van der Waals surface area contributed by atoms with Crippen LogP contribution in [0.15, 0.2) is 54.7 Å². The van der Waals surface area contributed by atoms with Gasteiger partial charge >= 0.3 is 5.97 Å². The van der Waals surface area contributed by atoms with E-state index < -0.39 is 12.0 Å². The summed E-state index contributed by atoms with van der Waals surface area (Å²) in [6.45, 7) is 2.38. The molecule has 0 radical (unpaired) electrons. The van der Waals surface area contributed by atoms with Gasteiger partial charge in [-0.05, 0) is 24.1 Å². The van der Waals surface area contributed by atoms with Crippen LogP contribution in [-0.2, 0) is 14.3 Å². The predicted octanol–water partition coefficient (Wildman–Crippen LogP) is 3.80. The van der Waals surface area contributed by atoms with Crippen LogP contribution < -0.4 is 5.73 Å². The second kappa shape index (κ2) is 8.17. The first-order chi connectivity index (χ1) is 12.6. The Morgan fingerprint density at radius 3 is 2.65 bits per heavy atom. The van der Waals surface area contributed by atoms with Crippen molar-refractivity contribution in [3.05, 3.63) is 60.3 Å². The van der Waals surface area contributed by atoms with Gasteiger partial charge in [-0.3, -0.25) is 0 Å². The van der Waals surface area contributed by atoms with E-state index in [2.05, 4.69) is 11.1 Å². The third-order valence-corrected chi connectivity index (χ3v) is 4.48. The number of fused-ring (bicyclic) bond motifs is 1. The van der Waals surface area contributed by atoms with Crippen molar-refractivity contribution in [2.75, 3.05) is 13.7 Å². The van der Waals surface area contributed by atoms with Crippen LogP contribution in [0.2, 0.25) is 0 Å². The Labute approximate surface area is 153 Å². The predicted molar refractivity (Wildman–Crippen MR) is 103 cm³/mol. The average molecular weight is 352 g/mol. The molecular weight excluding hydrogens is 328 g/mol. The molecule has 3 aromatic rings. The van der Waals surface area contributed by atoms with Gasteiger partial charge in [0.1, 0.15) is 12.1 Å². The van der Waals surface area contributed by atoms with Crippen LogP contribution in [-0.4, -0.2) is 30.8 Å². The molecule has 2 aromatic carbocycles. The number of H-pyrrole nitrogens is 1. The number of nitrogens with one attached hydrogen (secondary N) is 1. The Balaban J connectivity index is 1.88. The lowest BCUT2D eigenvalue weighted by Crippen LogP contribution is -2.28. The number of hydrogen-bond acceptors (Lipinski definition) is 4. The summed E-state index contributed by atoms with van der Waals surface area (Å²) in [5.41, 5.74) is 9.99. The van der Waals surface area contributed by atoms with E-state index >= 15 is 0 Å². The zero-order valence-electron chi connectivity index (χ0n) is 15.1. The lowest BCUT2D eigenvalue weighted by Gasteiger charge is -2.19. The summed E-state index contributed by atoms with van der Waals surface area (Å²) >= 11 is 0. The fraction of sp³-hybridized carbons (Fsp3) is 0.286. The minimum atomic E-state index is -0.843. The van der Waals surface area contributed by atoms with Crippen LogP contribution in [0.1, 0.15) is 24.9 Å². The molecule has 0 fully saturated rings. The van der Waals surface area contributed by atoms with E-state index in [0.717, 1.165) is 27.6 Å². The molecule has 1 heterocycles. The second-order valence-electron chi connectivity index (χ2n) is 6.34. The van der Waals surface area contributed by atoms with Crippen molar-refractivity contribution >= 4 is 16.9 Å². The van der Waals surface area contributed by atoms with Gasteiger partial charge in [0.25, 0.3) is 0 Å². The molecule has 3 N–H and O–H groups in total. The quantitative estimate of drug-likeness (QED) is 0.634. The maximum absolute atomic E-state index is 12.5. The summed E-state index contributed by atoms with van der Waals surface area (Å²) in [6.07, 6.45) is 2.34. The van der Waals surface area contributed by atoms with Crippen molar-refractivity contribution in [1.82, 2.24) is 4.98 Å². The smallest absolute Gasteiger partial charge is 0.327 e. The number of esters is 1. The normalized spacial score (nSPS) is 13.5. The number of nitrogens with two attached hydrogens (primary N) is 1. The Morgan fingerprint density at radius 1 is 1.12 bits per heavy atom. The van der Waals surface area contributed by atoms with Crippen LogP contribution in [0, 0.1) is 0 Å². The zero-order chi connectivity index (χ0) is 18.5. The van der Waals surface area contributed by atoms with Crippen LogP contribution in [0.4, 0.5) is 0 Å². The topological polar surface area (TPSA) is 77.3 Å². The van der Waals surface area contributed by atoms with Crippen molar-refractivity contribution in [1.29, 1.82) is 0 Å². The standard InChI is InChI=1S/C21H24N2O3/c1-14(11-12-25-2)26-21(24)20(22)17-9-4-3-7-15(17)18-13-23-19-10-6-5-8-16(18)19/h3-10,13-14,20,23H,11-12,22H2,1-2H3/t14-,20-/m0/s1. The maximum atomic E-state index is 12.5. The maximum Gasteiger partial charge on any atom is 0.327 e. The highest BCUT2D eigenvalue weighted by Crippen LogP contribution is 2.33. The van der Waals surface area contributed by atoms with E-state index in [0.29, 0.717) is 13.0 Å². The van der Waals surface area contributed by atoms with Crippen molar-refractivity contribution < 1.29 is 14.3 Å². The van der Waals surface area contributed by atoms with Crippen molar-refractivity contribution in [2.45, 2.75) is 25.5 Å². The summed E-state index contributed by atoms with van der Waals surface area (Å²) in [6, 6.07) is 14.9. The van der Waals surface area contributed by atoms with Crippen LogP contribution in [0.25, 0.3) is 22.0 Å². The van der Waals surface area contributed by atoms with E-state index in [1.807, 2.05) is 55.6 Å². The van der Waals surface area contributed by atoms with Gasteiger partial charge in [0.2, 0.25) is 0 Å². The van der Waals surface area contributed by atoms with Crippen molar-refractivity contribution in [2.24, 2.45) is 5.73 Å². The van der Waals surface area contributed by atoms with Crippen molar-refractivity contribution in [3.8, 4) is 11.1 Å². The van der Waals surface area contributed by atoms with Crippen LogP contribution in [0.3, 0.4) is 0 Å². The van der Waals surface area contributed by atoms with Crippen LogP contribution >= 0.6 is 0 Å². The number of hydrogen-bond donors (Lipinski definition) is 2. The molecule has 0 aliphatic heterocycles. The second-order valence-corrected chi connectivity index (χ2v) is 6.34. The SMILES string of the molecule is COCC[C@H](C)OC(=O)[C@@H](N)c1ccccc1-c1c[nH]c2ccccc12. The lowest BCUT2D eigenvalue weighted by molar-refractivity contribution is -0.150. The van der Waals surface area contributed by atoms with Gasteiger partial charge in [-0.15, -0.1) is 0 Å². The number of aromatic nitrogens is 1. The number of carbonyl (C=O) groups is 1. The lowest BCUT2D eigenvalue weighted by atomic mass is 9.95. The first-order valence-corrected chi connectivity index (χ1v) is 8.72. The van der Waals surface area contributed by atoms with E-state index in [4.69, 9.17) is 15.2 Å². The number of methoxy groups -OCH3 is 1. The Bertz CT molecular complexity index is 888. The van der Waals surface area contributed by atoms with Gasteiger partial charge in [-0.1, -0.05) is 42.5 Å². The summed E-state index contributed by atoms with van der Waals surface area (Å²) in [5, 5.41) is 1.09. The zero-order valence-corrected chi connectivity index (χ0v) is 15.1. The molecule has 26 heavy (non-hydrogen) atoms. The van der Waals surface area contributed by atoms with Gasteiger partial charge in [0.05, 0.1) is 0 Å². The minimum Gasteiger partial charge on any atom is -0.461 e. The molecule has 0 unspecified atom stereocenters. The van der Waals surface area contributed by atoms with E-state index in [1.54, 1.807) is 7.11 Å². The van der Waals surface area contributed by atoms with E-state index in [-0.39, 0.29) is 6.10 Å². The molecule has 0 saturated heterocycles. The minimum absolute atomic E-state index is 0.242. The molecule has 0 saturated carbocycles. The van der Waals surface area contributed by atoms with Crippen LogP contribution in [0.5, 0.6) is 0 Å². The summed E-state index contributed by atoms with van der Waals surface area (Å²) in [4.78, 5) is 15.8. The molecule has 0 amide bonds. The molecule has 5 nitrogen and oxygen atoms in total. The first-order valence-electron chi connectivity index (χ1n) is 8.72. The summed E-state index contributed by atoms with van der Waals surface area (Å²) in [5.74, 6) is -0.430. The number of para-hydroxylation sites is 1. The molecule has 0 aliphatic carbocycles. The first kappa shape index (κ1) is 18.2. The third kappa shape index (κ3) is 3.79. The molecule has 5 heteroatoms. The summed E-state index contributed by atoms with van der Waals surface area (Å²) < 4.78 is 10.5. The van der Waals surface area contributed by atoms with Gasteiger partial charge in [0, 0.05) is 42.8 Å². The molecular formula is C21H24N2O3. The molecule has 136 valence electrons. The molecule has 3 rings (SSSR count). The fourth-order valence-corrected chi connectivity index (χ4v) is 3.05. The Morgan fingerprint density at radius 2 is 1.85 bits per heavy atom. The average Bonchev–Trinajstić information content (AvgIpc) is 3.09. The number of benzene rings is 2. The highest BCUT2D eigenvalue weighted by molar-refractivity contribution is 5.97. The molecule has 0 aliphatic rings. The monoisotopic (exact) mass is 352 g/mol. The number of rotatable bonds is 7. The van der Waals surface area contributed by atoms with Gasteiger partial charge in [-0.2, -0.15) is 0 Å². The van der Waals surface area contributed by atoms with Crippen molar-refractivity contribution in [3.63, 3.8) is 0 Å². The molecule has 0 bridgehead atoms. The largest absolute Gasteiger partial charge is 0.461 e.